The largest absolute Gasteiger partial charge is 0.481 e. The minimum Gasteiger partial charge on any atom is -0.481 e. The molecule has 5 nitrogen and oxygen atoms in total. The monoisotopic (exact) mass is 349 g/mol. The number of hydrogen-bond acceptors (Lipinski definition) is 4. The van der Waals surface area contributed by atoms with Crippen molar-refractivity contribution in [2.75, 3.05) is 0 Å². The van der Waals surface area contributed by atoms with E-state index in [1.165, 1.54) is 0 Å². The van der Waals surface area contributed by atoms with Crippen LogP contribution < -0.4 is 0 Å². The summed E-state index contributed by atoms with van der Waals surface area (Å²) in [5.74, 6) is -0.980. The van der Waals surface area contributed by atoms with Crippen molar-refractivity contribution in [1.82, 2.24) is 9.97 Å². The molecule has 1 N–H and O–H groups in total. The number of hydrogen-bond donors (Lipinski definition) is 1. The average molecular weight is 349 g/mol. The zero-order valence-corrected chi connectivity index (χ0v) is 15.5. The lowest BCUT2D eigenvalue weighted by Crippen LogP contribution is -2.31. The summed E-state index contributed by atoms with van der Waals surface area (Å²) in [5, 5.41) is 19.7. The minimum atomic E-state index is -1.23. The van der Waals surface area contributed by atoms with Crippen LogP contribution in [-0.2, 0) is 23.1 Å². The van der Waals surface area contributed by atoms with Crippen LogP contribution >= 0.6 is 0 Å². The molecule has 0 fully saturated rings. The van der Waals surface area contributed by atoms with Crippen molar-refractivity contribution in [2.24, 2.45) is 0 Å². The van der Waals surface area contributed by atoms with Gasteiger partial charge in [0.15, 0.2) is 0 Å². The molecule has 5 heteroatoms. The van der Waals surface area contributed by atoms with Gasteiger partial charge in [0.2, 0.25) is 0 Å². The van der Waals surface area contributed by atoms with E-state index in [0.29, 0.717) is 11.3 Å². The van der Waals surface area contributed by atoms with E-state index < -0.39 is 11.4 Å². The van der Waals surface area contributed by atoms with Crippen molar-refractivity contribution in [3.05, 3.63) is 46.5 Å². The normalized spacial score (nSPS) is 14.2. The lowest BCUT2D eigenvalue weighted by atomic mass is 9.81. The van der Waals surface area contributed by atoms with Crippen LogP contribution in [0, 0.1) is 18.3 Å². The first-order chi connectivity index (χ1) is 12.4. The molecule has 2 aromatic rings. The van der Waals surface area contributed by atoms with Gasteiger partial charge in [0, 0.05) is 23.1 Å². The number of carbonyl (C=O) groups is 1. The summed E-state index contributed by atoms with van der Waals surface area (Å²) in [5.41, 5.74) is 4.16. The van der Waals surface area contributed by atoms with E-state index >= 15 is 0 Å². The second-order valence-corrected chi connectivity index (χ2v) is 7.42. The topological polar surface area (TPSA) is 86.9 Å². The van der Waals surface area contributed by atoms with Gasteiger partial charge in [-0.15, -0.1) is 0 Å². The van der Waals surface area contributed by atoms with Crippen LogP contribution in [0.2, 0.25) is 0 Å². The fourth-order valence-corrected chi connectivity index (χ4v) is 3.60. The Labute approximate surface area is 153 Å². The quantitative estimate of drug-likeness (QED) is 0.848. The van der Waals surface area contributed by atoms with Gasteiger partial charge < -0.3 is 5.11 Å². The first-order valence-corrected chi connectivity index (χ1v) is 8.99. The minimum absolute atomic E-state index is 0.359. The van der Waals surface area contributed by atoms with Gasteiger partial charge in [0.25, 0.3) is 0 Å². The number of fused-ring (bicyclic) bond motifs is 1. The third-order valence-corrected chi connectivity index (χ3v) is 5.15. The number of carboxylic acid groups (broad SMARTS) is 1. The molecule has 0 saturated heterocycles. The van der Waals surface area contributed by atoms with Crippen LogP contribution in [0.15, 0.2) is 18.3 Å². The van der Waals surface area contributed by atoms with Crippen molar-refractivity contribution in [1.29, 1.82) is 5.26 Å². The number of aryl methyl sites for hydroxylation is 2. The molecular formula is C21H23N3O2. The van der Waals surface area contributed by atoms with Gasteiger partial charge in [-0.25, -0.2) is 0 Å². The Morgan fingerprint density at radius 2 is 2.00 bits per heavy atom. The van der Waals surface area contributed by atoms with Gasteiger partial charge in [-0.3, -0.25) is 14.8 Å². The third-order valence-electron chi connectivity index (χ3n) is 5.15. The Kier molecular flexibility index (Phi) is 4.78. The standard InChI is InChI=1S/C21H23N3O2/c1-13-11-14(9-10-23-13)18-15-7-5-4-6-8-17(15)24-19(16(18)12-22)21(2,3)20(25)26/h9-11H,4-8H2,1-3H3,(H,25,26). The summed E-state index contributed by atoms with van der Waals surface area (Å²) < 4.78 is 0. The Bertz CT molecular complexity index is 910. The van der Waals surface area contributed by atoms with Crippen LogP contribution in [0.3, 0.4) is 0 Å². The van der Waals surface area contributed by atoms with Gasteiger partial charge in [-0.2, -0.15) is 5.26 Å². The maximum absolute atomic E-state index is 11.9. The Morgan fingerprint density at radius 3 is 2.65 bits per heavy atom. The maximum Gasteiger partial charge on any atom is 0.315 e. The summed E-state index contributed by atoms with van der Waals surface area (Å²) in [4.78, 5) is 20.9. The number of aliphatic carboxylic acids is 1. The summed E-state index contributed by atoms with van der Waals surface area (Å²) in [6.45, 7) is 5.14. The Morgan fingerprint density at radius 1 is 1.27 bits per heavy atom. The van der Waals surface area contributed by atoms with Gasteiger partial charge >= 0.3 is 5.97 Å². The zero-order valence-electron chi connectivity index (χ0n) is 15.5. The van der Waals surface area contributed by atoms with E-state index in [-0.39, 0.29) is 0 Å². The van der Waals surface area contributed by atoms with Crippen molar-refractivity contribution < 1.29 is 9.90 Å². The molecule has 0 amide bonds. The van der Waals surface area contributed by atoms with Crippen LogP contribution in [-0.4, -0.2) is 21.0 Å². The average Bonchev–Trinajstić information content (AvgIpc) is 2.85. The van der Waals surface area contributed by atoms with E-state index in [0.717, 1.165) is 60.2 Å². The highest BCUT2D eigenvalue weighted by Crippen LogP contribution is 2.38. The van der Waals surface area contributed by atoms with Gasteiger partial charge in [0.1, 0.15) is 11.5 Å². The number of rotatable bonds is 3. The highest BCUT2D eigenvalue weighted by atomic mass is 16.4. The van der Waals surface area contributed by atoms with E-state index in [9.17, 15) is 15.2 Å². The number of carboxylic acids is 1. The van der Waals surface area contributed by atoms with E-state index in [4.69, 9.17) is 4.98 Å². The molecule has 2 aromatic heterocycles. The first-order valence-electron chi connectivity index (χ1n) is 8.99. The summed E-state index contributed by atoms with van der Waals surface area (Å²) in [6, 6.07) is 6.12. The molecule has 1 aliphatic rings. The number of nitriles is 1. The molecule has 2 heterocycles. The zero-order chi connectivity index (χ0) is 18.9. The van der Waals surface area contributed by atoms with Gasteiger partial charge in [0.05, 0.1) is 11.3 Å². The van der Waals surface area contributed by atoms with E-state index in [1.54, 1.807) is 20.0 Å². The molecule has 1 aliphatic carbocycles. The van der Waals surface area contributed by atoms with Crippen LogP contribution in [0.4, 0.5) is 0 Å². The lowest BCUT2D eigenvalue weighted by molar-refractivity contribution is -0.142. The SMILES string of the molecule is Cc1cc(-c2c(C#N)c(C(C)(C)C(=O)O)nc3c2CCCCC3)ccn1. The fourth-order valence-electron chi connectivity index (χ4n) is 3.60. The van der Waals surface area contributed by atoms with Crippen LogP contribution in [0.5, 0.6) is 0 Å². The Hall–Kier alpha value is -2.74. The Balaban J connectivity index is 2.40. The molecule has 0 aliphatic heterocycles. The number of aromatic nitrogens is 2. The predicted molar refractivity (Wildman–Crippen MR) is 98.8 cm³/mol. The first kappa shape index (κ1) is 18.1. The van der Waals surface area contributed by atoms with Crippen molar-refractivity contribution >= 4 is 5.97 Å². The summed E-state index contributed by atoms with van der Waals surface area (Å²) in [6.07, 6.45) is 6.62. The van der Waals surface area contributed by atoms with Crippen LogP contribution in [0.1, 0.15) is 61.3 Å². The van der Waals surface area contributed by atoms with E-state index in [1.807, 2.05) is 19.1 Å². The fraction of sp³-hybridized carbons (Fsp3) is 0.429. The van der Waals surface area contributed by atoms with E-state index in [2.05, 4.69) is 11.1 Å². The molecule has 26 heavy (non-hydrogen) atoms. The highest BCUT2D eigenvalue weighted by molar-refractivity contribution is 5.84. The second kappa shape index (κ2) is 6.87. The smallest absolute Gasteiger partial charge is 0.315 e. The van der Waals surface area contributed by atoms with Crippen molar-refractivity contribution in [2.45, 2.75) is 58.3 Å². The lowest BCUT2D eigenvalue weighted by Gasteiger charge is -2.25. The molecule has 0 aromatic carbocycles. The second-order valence-electron chi connectivity index (χ2n) is 7.42. The molecule has 0 spiro atoms. The predicted octanol–water partition coefficient (Wildman–Crippen LogP) is 3.95. The third kappa shape index (κ3) is 3.08. The molecule has 0 saturated carbocycles. The maximum atomic E-state index is 11.9. The number of nitrogens with zero attached hydrogens (tertiary/aromatic N) is 3. The van der Waals surface area contributed by atoms with Crippen molar-refractivity contribution in [3.63, 3.8) is 0 Å². The van der Waals surface area contributed by atoms with Gasteiger partial charge in [-0.05, 0) is 69.7 Å². The molecule has 3 rings (SSSR count). The summed E-state index contributed by atoms with van der Waals surface area (Å²) >= 11 is 0. The molecule has 0 radical (unpaired) electrons. The molecular weight excluding hydrogens is 326 g/mol. The molecule has 0 bridgehead atoms. The molecule has 134 valence electrons. The molecule has 0 atom stereocenters. The van der Waals surface area contributed by atoms with Gasteiger partial charge in [-0.1, -0.05) is 6.42 Å². The highest BCUT2D eigenvalue weighted by Gasteiger charge is 2.36. The van der Waals surface area contributed by atoms with Crippen LogP contribution in [0.25, 0.3) is 11.1 Å². The van der Waals surface area contributed by atoms with Crippen molar-refractivity contribution in [3.8, 4) is 17.2 Å². The summed E-state index contributed by atoms with van der Waals surface area (Å²) in [7, 11) is 0. The molecule has 0 unspecified atom stereocenters. The number of pyridine rings is 2.